The number of likely N-dealkylation sites (tertiary alicyclic amines) is 1. The van der Waals surface area contributed by atoms with Crippen molar-refractivity contribution in [2.75, 3.05) is 33.1 Å². The van der Waals surface area contributed by atoms with Gasteiger partial charge >= 0.3 is 18.2 Å². The minimum atomic E-state index is -5.08. The summed E-state index contributed by atoms with van der Waals surface area (Å²) in [7, 11) is 2.02. The first-order valence-corrected chi connectivity index (χ1v) is 14.6. The van der Waals surface area contributed by atoms with Crippen molar-refractivity contribution in [2.24, 2.45) is 0 Å². The largest absolute Gasteiger partial charge is 0.493 e. The lowest BCUT2D eigenvalue weighted by atomic mass is 9.65. The van der Waals surface area contributed by atoms with Gasteiger partial charge in [0, 0.05) is 28.6 Å². The number of carboxylic acids is 1. The quantitative estimate of drug-likeness (QED) is 0.453. The highest BCUT2D eigenvalue weighted by molar-refractivity contribution is 7.94. The third-order valence-corrected chi connectivity index (χ3v) is 9.53. The number of carbonyl (C=O) groups excluding carboxylic acids is 1. The number of nitrogens with zero attached hydrogens (tertiary/aromatic N) is 1. The predicted molar refractivity (Wildman–Crippen MR) is 148 cm³/mol. The molecule has 2 heterocycles. The number of carbonyl (C=O) groups is 2. The van der Waals surface area contributed by atoms with Crippen molar-refractivity contribution in [3.8, 4) is 11.5 Å². The van der Waals surface area contributed by atoms with Crippen molar-refractivity contribution in [1.82, 2.24) is 10.2 Å². The van der Waals surface area contributed by atoms with E-state index in [1.54, 1.807) is 32.4 Å². The summed E-state index contributed by atoms with van der Waals surface area (Å²) in [5, 5.41) is 14.2. The molecule has 42 heavy (non-hydrogen) atoms. The van der Waals surface area contributed by atoms with Crippen molar-refractivity contribution < 1.29 is 45.8 Å². The number of rotatable bonds is 5. The zero-order chi connectivity index (χ0) is 30.9. The standard InChI is InChI=1S/C26H31N3O5S.C2HF3O2/c1-29-12-11-26(18-5-7-21(33-2)22(14-18)34-3)10-8-20(16-24(26)29)28-25(30)27-19-6-4-17-9-13-35(31,32)23(17)15-19;3-2(4,5)1(6)7/h4-7,9,13-15,20,24H,8,10-12,16H2,1-3H3,(H2,27,28,30);(H,6,7)/t20-,24+,26+;/m1./s1. The van der Waals surface area contributed by atoms with Gasteiger partial charge in [-0.2, -0.15) is 13.2 Å². The van der Waals surface area contributed by atoms with Gasteiger partial charge in [-0.1, -0.05) is 12.1 Å². The predicted octanol–water partition coefficient (Wildman–Crippen LogP) is 4.41. The van der Waals surface area contributed by atoms with Crippen molar-refractivity contribution >= 4 is 33.6 Å². The number of anilines is 1. The molecule has 5 rings (SSSR count). The molecular weight excluding hydrogens is 579 g/mol. The van der Waals surface area contributed by atoms with E-state index in [1.807, 2.05) is 6.07 Å². The fourth-order valence-corrected chi connectivity index (χ4v) is 7.21. The van der Waals surface area contributed by atoms with Gasteiger partial charge in [-0.15, -0.1) is 0 Å². The van der Waals surface area contributed by atoms with Crippen LogP contribution in [0.2, 0.25) is 0 Å². The fourth-order valence-electron chi connectivity index (χ4n) is 5.98. The summed E-state index contributed by atoms with van der Waals surface area (Å²) in [5.74, 6) is -1.30. The number of amides is 2. The monoisotopic (exact) mass is 611 g/mol. The lowest BCUT2D eigenvalue weighted by Gasteiger charge is -2.45. The molecule has 0 spiro atoms. The number of ether oxygens (including phenoxy) is 2. The Labute approximate surface area is 241 Å². The number of carboxylic acid groups (broad SMARTS) is 1. The molecule has 1 saturated carbocycles. The van der Waals surface area contributed by atoms with Crippen LogP contribution in [0.15, 0.2) is 46.7 Å². The maximum absolute atomic E-state index is 12.8. The van der Waals surface area contributed by atoms with E-state index in [2.05, 4.69) is 34.7 Å². The molecular formula is C28H32F3N3O7S. The van der Waals surface area contributed by atoms with E-state index in [0.29, 0.717) is 11.3 Å². The van der Waals surface area contributed by atoms with E-state index in [1.165, 1.54) is 17.0 Å². The van der Waals surface area contributed by atoms with E-state index in [0.717, 1.165) is 43.7 Å². The van der Waals surface area contributed by atoms with Crippen LogP contribution in [0.3, 0.4) is 0 Å². The highest BCUT2D eigenvalue weighted by Gasteiger charge is 2.50. The first-order chi connectivity index (χ1) is 19.7. The Balaban J connectivity index is 0.000000517. The molecule has 1 aliphatic carbocycles. The summed E-state index contributed by atoms with van der Waals surface area (Å²) in [6.45, 7) is 0.996. The maximum atomic E-state index is 12.8. The van der Waals surface area contributed by atoms with Gasteiger partial charge in [-0.3, -0.25) is 0 Å². The average Bonchev–Trinajstić information content (AvgIpc) is 3.44. The molecule has 3 atom stereocenters. The molecule has 10 nitrogen and oxygen atoms in total. The van der Waals surface area contributed by atoms with Crippen LogP contribution in [-0.2, 0) is 20.0 Å². The molecule has 228 valence electrons. The highest BCUT2D eigenvalue weighted by atomic mass is 32.2. The Hall–Kier alpha value is -3.78. The smallest absolute Gasteiger partial charge is 0.490 e. The van der Waals surface area contributed by atoms with E-state index < -0.39 is 22.0 Å². The number of urea groups is 1. The summed E-state index contributed by atoms with van der Waals surface area (Å²) < 4.78 is 67.0. The van der Waals surface area contributed by atoms with E-state index in [9.17, 15) is 26.4 Å². The van der Waals surface area contributed by atoms with Crippen LogP contribution in [0.1, 0.15) is 36.8 Å². The summed E-state index contributed by atoms with van der Waals surface area (Å²) in [6, 6.07) is 11.1. The van der Waals surface area contributed by atoms with Gasteiger partial charge in [-0.25, -0.2) is 18.0 Å². The molecule has 2 aromatic rings. The number of methoxy groups -OCH3 is 2. The number of hydrogen-bond donors (Lipinski definition) is 3. The number of aliphatic carboxylic acids is 1. The molecule has 14 heteroatoms. The van der Waals surface area contributed by atoms with Crippen LogP contribution < -0.4 is 20.1 Å². The number of sulfone groups is 1. The van der Waals surface area contributed by atoms with Crippen molar-refractivity contribution in [3.63, 3.8) is 0 Å². The van der Waals surface area contributed by atoms with Crippen LogP contribution in [0.5, 0.6) is 11.5 Å². The van der Waals surface area contributed by atoms with Crippen LogP contribution >= 0.6 is 0 Å². The second kappa shape index (κ2) is 11.8. The van der Waals surface area contributed by atoms with Gasteiger partial charge in [0.1, 0.15) is 0 Å². The first kappa shape index (κ1) is 31.2. The summed E-state index contributed by atoms with van der Waals surface area (Å²) in [4.78, 5) is 24.3. The second-order valence-corrected chi connectivity index (χ2v) is 12.2. The van der Waals surface area contributed by atoms with Gasteiger partial charge in [0.25, 0.3) is 0 Å². The number of likely N-dealkylation sites (N-methyl/N-ethyl adjacent to an activating group) is 1. The third-order valence-electron chi connectivity index (χ3n) is 8.07. The van der Waals surface area contributed by atoms with Gasteiger partial charge in [0.05, 0.1) is 19.1 Å². The fraction of sp³-hybridized carbons (Fsp3) is 0.429. The lowest BCUT2D eigenvalue weighted by molar-refractivity contribution is -0.192. The molecule has 0 aromatic heterocycles. The zero-order valence-electron chi connectivity index (χ0n) is 23.2. The zero-order valence-corrected chi connectivity index (χ0v) is 24.0. The van der Waals surface area contributed by atoms with Gasteiger partial charge < -0.3 is 30.1 Å². The minimum absolute atomic E-state index is 0.00427. The number of nitrogens with one attached hydrogen (secondary N) is 2. The number of fused-ring (bicyclic) bond motifs is 2. The number of halogens is 3. The van der Waals surface area contributed by atoms with E-state index in [4.69, 9.17) is 19.4 Å². The van der Waals surface area contributed by atoms with Crippen LogP contribution in [0.25, 0.3) is 6.08 Å². The number of benzene rings is 2. The Kier molecular flexibility index (Phi) is 8.78. The molecule has 0 radical (unpaired) electrons. The Morgan fingerprint density at radius 1 is 1.07 bits per heavy atom. The Morgan fingerprint density at radius 2 is 1.76 bits per heavy atom. The van der Waals surface area contributed by atoms with Crippen molar-refractivity contribution in [2.45, 2.75) is 54.3 Å². The molecule has 2 fully saturated rings. The van der Waals surface area contributed by atoms with E-state index in [-0.39, 0.29) is 28.4 Å². The molecule has 3 N–H and O–H groups in total. The average molecular weight is 612 g/mol. The molecule has 3 aliphatic rings. The Bertz CT molecular complexity index is 1500. The van der Waals surface area contributed by atoms with Crippen molar-refractivity contribution in [3.05, 3.63) is 52.9 Å². The topological polar surface area (TPSA) is 134 Å². The summed E-state index contributed by atoms with van der Waals surface area (Å²) >= 11 is 0. The first-order valence-electron chi connectivity index (χ1n) is 13.1. The SMILES string of the molecule is COc1ccc([C@@]23CC[C@@H](NC(=O)Nc4ccc5c(c4)S(=O)(=O)C=C5)C[C@@H]2N(C)CC3)cc1OC.O=C(O)C(F)(F)F. The molecule has 0 bridgehead atoms. The number of hydrogen-bond acceptors (Lipinski definition) is 7. The minimum Gasteiger partial charge on any atom is -0.493 e. The van der Waals surface area contributed by atoms with Crippen LogP contribution in [0, 0.1) is 0 Å². The molecule has 2 amide bonds. The van der Waals surface area contributed by atoms with Crippen LogP contribution in [-0.4, -0.2) is 76.5 Å². The molecule has 0 unspecified atom stereocenters. The van der Waals surface area contributed by atoms with Crippen molar-refractivity contribution in [1.29, 1.82) is 0 Å². The summed E-state index contributed by atoms with van der Waals surface area (Å²) in [5.41, 5.74) is 2.35. The highest BCUT2D eigenvalue weighted by Crippen LogP contribution is 2.50. The van der Waals surface area contributed by atoms with E-state index >= 15 is 0 Å². The Morgan fingerprint density at radius 3 is 2.40 bits per heavy atom. The van der Waals surface area contributed by atoms with Gasteiger partial charge in [0.15, 0.2) is 11.5 Å². The summed E-state index contributed by atoms with van der Waals surface area (Å²) in [6.07, 6.45) is 0.181. The van der Waals surface area contributed by atoms with Gasteiger partial charge in [-0.05, 0) is 80.7 Å². The lowest BCUT2D eigenvalue weighted by Crippen LogP contribution is -2.52. The molecule has 2 aliphatic heterocycles. The normalized spacial score (nSPS) is 24.0. The second-order valence-electron chi connectivity index (χ2n) is 10.4. The third kappa shape index (κ3) is 6.33. The number of alkyl halides is 3. The molecule has 1 saturated heterocycles. The van der Waals surface area contributed by atoms with Crippen LogP contribution in [0.4, 0.5) is 23.7 Å². The molecule has 2 aromatic carbocycles. The maximum Gasteiger partial charge on any atom is 0.490 e. The van der Waals surface area contributed by atoms with Gasteiger partial charge in [0.2, 0.25) is 9.84 Å².